The van der Waals surface area contributed by atoms with Crippen LogP contribution >= 0.6 is 0 Å². The lowest BCUT2D eigenvalue weighted by Crippen LogP contribution is -2.60. The van der Waals surface area contributed by atoms with Crippen molar-refractivity contribution in [3.05, 3.63) is 11.3 Å². The molecule has 4 aliphatic heterocycles. The number of aliphatic hydroxyl groups excluding tert-OH is 2. The molecule has 0 aromatic carbocycles. The summed E-state index contributed by atoms with van der Waals surface area (Å²) in [6.07, 6.45) is -6.45. The molecule has 3 saturated heterocycles. The maximum Gasteiger partial charge on any atom is 0.311 e. The molecule has 2 bridgehead atoms. The second-order valence-corrected chi connectivity index (χ2v) is 15.5. The van der Waals surface area contributed by atoms with Gasteiger partial charge in [-0.3, -0.25) is 9.59 Å². The summed E-state index contributed by atoms with van der Waals surface area (Å²) in [5.41, 5.74) is -3.30. The minimum absolute atomic E-state index is 0.161. The van der Waals surface area contributed by atoms with Gasteiger partial charge in [-0.15, -0.1) is 0 Å². The first kappa shape index (κ1) is 40.1. The number of hydrogen-bond acceptors (Lipinski definition) is 13. The number of nitrogens with one attached hydrogen (secondary N) is 1. The number of carbonyl (C=O) groups is 2. The highest BCUT2D eigenvalue weighted by atomic mass is 16.7. The number of esters is 1. The molecule has 4 N–H and O–H groups in total. The average molecular weight is 700 g/mol. The third kappa shape index (κ3) is 7.75. The van der Waals surface area contributed by atoms with E-state index >= 15 is 0 Å². The maximum atomic E-state index is 14.0. The number of carbonyl (C=O) groups excluding carboxylic acids is 2. The monoisotopic (exact) mass is 699 g/mol. The molecular weight excluding hydrogens is 638 g/mol. The Labute approximate surface area is 291 Å². The average Bonchev–Trinajstić information content (AvgIpc) is 3.37. The molecule has 49 heavy (non-hydrogen) atoms. The molecule has 0 spiro atoms. The lowest BCUT2D eigenvalue weighted by atomic mass is 9.79. The largest absolute Gasteiger partial charge is 0.488 e. The van der Waals surface area contributed by atoms with Crippen molar-refractivity contribution in [2.75, 3.05) is 14.2 Å². The summed E-state index contributed by atoms with van der Waals surface area (Å²) in [6.45, 7) is 17.5. The lowest BCUT2D eigenvalue weighted by Gasteiger charge is -2.48. The zero-order valence-corrected chi connectivity index (χ0v) is 31.3. The number of fused-ring (bicyclic) bond motifs is 2. The second-order valence-electron chi connectivity index (χ2n) is 15.5. The number of hydrogen-bond donors (Lipinski definition) is 4. The number of methoxy groups -OCH3 is 1. The molecule has 4 rings (SSSR count). The highest BCUT2D eigenvalue weighted by molar-refractivity contribution is 5.91. The highest BCUT2D eigenvalue weighted by Gasteiger charge is 2.56. The third-order valence-corrected chi connectivity index (χ3v) is 11.5. The zero-order valence-electron chi connectivity index (χ0n) is 31.3. The van der Waals surface area contributed by atoms with Crippen LogP contribution < -0.4 is 5.32 Å². The van der Waals surface area contributed by atoms with Crippen molar-refractivity contribution in [1.82, 2.24) is 5.32 Å². The van der Waals surface area contributed by atoms with Crippen molar-refractivity contribution in [3.63, 3.8) is 0 Å². The quantitative estimate of drug-likeness (QED) is 0.286. The number of rotatable bonds is 7. The van der Waals surface area contributed by atoms with Gasteiger partial charge in [0.05, 0.1) is 35.7 Å². The summed E-state index contributed by atoms with van der Waals surface area (Å²) in [6, 6.07) is -0.298. The number of cyclic esters (lactones) is 1. The van der Waals surface area contributed by atoms with Gasteiger partial charge >= 0.3 is 5.97 Å². The normalized spacial score (nSPS) is 48.7. The summed E-state index contributed by atoms with van der Waals surface area (Å²) >= 11 is 0. The van der Waals surface area contributed by atoms with Crippen LogP contribution in [-0.4, -0.2) is 119 Å². The SMILES string of the molecule is CC[C@H]1OC(=O)[C@H](C)[C@@H](O[C@H]2C[C@@](C)(OC)[C@@H](O)[C@H](C)O2)[C@H](C)[C@@H](O[C@@H]2O[C@H](C)C[C@H](NC)[C@H]2O)[C@@]2(C)CC(C)=C(O2)[C@H](C)C(=O)[C@]1(C)O. The molecular formula is C36H61NO12. The van der Waals surface area contributed by atoms with Crippen LogP contribution in [0.2, 0.25) is 0 Å². The minimum atomic E-state index is -2.01. The van der Waals surface area contributed by atoms with Gasteiger partial charge in [-0.2, -0.15) is 0 Å². The first-order valence-electron chi connectivity index (χ1n) is 17.8. The van der Waals surface area contributed by atoms with E-state index in [9.17, 15) is 24.9 Å². The van der Waals surface area contributed by atoms with Crippen LogP contribution in [0.5, 0.6) is 0 Å². The van der Waals surface area contributed by atoms with Crippen molar-refractivity contribution in [2.24, 2.45) is 17.8 Å². The van der Waals surface area contributed by atoms with Gasteiger partial charge in [0.1, 0.15) is 35.8 Å². The Hall–Kier alpha value is -1.68. The second kappa shape index (κ2) is 15.1. The smallest absolute Gasteiger partial charge is 0.311 e. The third-order valence-electron chi connectivity index (χ3n) is 11.5. The van der Waals surface area contributed by atoms with Gasteiger partial charge in [0.2, 0.25) is 0 Å². The number of likely N-dealkylation sites (N-methyl/N-ethyl adjacent to an activating group) is 1. The molecule has 13 nitrogen and oxygen atoms in total. The molecule has 0 unspecified atom stereocenters. The molecule has 16 atom stereocenters. The lowest BCUT2D eigenvalue weighted by molar-refractivity contribution is -0.314. The summed E-state index contributed by atoms with van der Waals surface area (Å²) in [5, 5.41) is 37.0. The summed E-state index contributed by atoms with van der Waals surface area (Å²) < 4.78 is 44.2. The molecule has 0 amide bonds. The van der Waals surface area contributed by atoms with E-state index in [4.69, 9.17) is 33.2 Å². The van der Waals surface area contributed by atoms with Crippen molar-refractivity contribution < 1.29 is 58.1 Å². The topological polar surface area (TPSA) is 171 Å². The molecule has 4 aliphatic rings. The standard InChI is InChI=1S/C36H61NO12/c1-13-24-36(10,42)29(39)19(4)27-17(2)15-35(9,49-27)31(48-33-26(38)23(37-11)14-18(3)44-33)20(5)28(21(6)32(41)46-24)47-25-16-34(8,43-12)30(40)22(7)45-25/h18-26,28,30-31,33,37-38,40,42H,13-16H2,1-12H3/t18-,19+,20+,21-,22+,23+,24-,25+,26-,28+,30+,31-,33+,34-,35-,36-/m1/s1. The number of ketones is 1. The van der Waals surface area contributed by atoms with Crippen LogP contribution in [0.4, 0.5) is 0 Å². The van der Waals surface area contributed by atoms with Gasteiger partial charge in [-0.05, 0) is 80.9 Å². The predicted octanol–water partition coefficient (Wildman–Crippen LogP) is 2.76. The van der Waals surface area contributed by atoms with Crippen molar-refractivity contribution in [3.8, 4) is 0 Å². The van der Waals surface area contributed by atoms with E-state index in [-0.39, 0.29) is 25.0 Å². The van der Waals surface area contributed by atoms with Crippen LogP contribution in [0.25, 0.3) is 0 Å². The fourth-order valence-corrected chi connectivity index (χ4v) is 8.36. The van der Waals surface area contributed by atoms with E-state index in [1.165, 1.54) is 14.0 Å². The Balaban J connectivity index is 1.84. The van der Waals surface area contributed by atoms with Crippen LogP contribution in [0.3, 0.4) is 0 Å². The summed E-state index contributed by atoms with van der Waals surface area (Å²) in [4.78, 5) is 28.0. The summed E-state index contributed by atoms with van der Waals surface area (Å²) in [5.74, 6) is -3.24. The first-order chi connectivity index (χ1) is 22.7. The Bertz CT molecular complexity index is 1230. The molecule has 0 aromatic rings. The maximum absolute atomic E-state index is 14.0. The predicted molar refractivity (Wildman–Crippen MR) is 178 cm³/mol. The molecule has 0 saturated carbocycles. The molecule has 0 radical (unpaired) electrons. The zero-order chi connectivity index (χ0) is 36.8. The fourth-order valence-electron chi connectivity index (χ4n) is 8.36. The number of aliphatic hydroxyl groups is 3. The van der Waals surface area contributed by atoms with Crippen LogP contribution in [0.1, 0.15) is 94.9 Å². The Morgan fingerprint density at radius 3 is 2.27 bits per heavy atom. The van der Waals surface area contributed by atoms with Gasteiger partial charge < -0.3 is 53.8 Å². The molecule has 13 heteroatoms. The van der Waals surface area contributed by atoms with E-state index in [2.05, 4.69) is 5.32 Å². The van der Waals surface area contributed by atoms with Gasteiger partial charge in [-0.25, -0.2) is 0 Å². The number of Topliss-reactive ketones (excluding diaryl/α,β-unsaturated/α-hetero) is 1. The molecule has 282 valence electrons. The van der Waals surface area contributed by atoms with Crippen LogP contribution in [0, 0.1) is 17.8 Å². The fraction of sp³-hybridized carbons (Fsp3) is 0.889. The van der Waals surface area contributed by atoms with Crippen molar-refractivity contribution in [1.29, 1.82) is 0 Å². The minimum Gasteiger partial charge on any atom is -0.488 e. The van der Waals surface area contributed by atoms with Crippen molar-refractivity contribution in [2.45, 2.75) is 173 Å². The van der Waals surface area contributed by atoms with E-state index in [1.54, 1.807) is 41.7 Å². The number of ether oxygens (including phenoxy) is 7. The molecule has 0 aromatic heterocycles. The van der Waals surface area contributed by atoms with Gasteiger partial charge in [0.15, 0.2) is 24.0 Å². The number of allylic oxidation sites excluding steroid dienone is 1. The van der Waals surface area contributed by atoms with E-state index < -0.39 is 95.5 Å². The Kier molecular flexibility index (Phi) is 12.4. The molecule has 0 aliphatic carbocycles. The van der Waals surface area contributed by atoms with Crippen molar-refractivity contribution >= 4 is 11.8 Å². The van der Waals surface area contributed by atoms with E-state index in [1.807, 2.05) is 27.7 Å². The summed E-state index contributed by atoms with van der Waals surface area (Å²) in [7, 11) is 3.29. The molecule has 3 fully saturated rings. The Morgan fingerprint density at radius 1 is 1.02 bits per heavy atom. The van der Waals surface area contributed by atoms with Crippen LogP contribution in [0.15, 0.2) is 11.3 Å². The van der Waals surface area contributed by atoms with Gasteiger partial charge in [0.25, 0.3) is 0 Å². The van der Waals surface area contributed by atoms with E-state index in [0.29, 0.717) is 18.6 Å². The van der Waals surface area contributed by atoms with E-state index in [0.717, 1.165) is 5.57 Å². The molecule has 4 heterocycles. The Morgan fingerprint density at radius 2 is 1.67 bits per heavy atom. The first-order valence-corrected chi connectivity index (χ1v) is 17.8. The highest BCUT2D eigenvalue weighted by Crippen LogP contribution is 2.46. The van der Waals surface area contributed by atoms with Gasteiger partial charge in [-0.1, -0.05) is 13.8 Å². The van der Waals surface area contributed by atoms with Crippen LogP contribution in [-0.2, 0) is 42.7 Å². The van der Waals surface area contributed by atoms with Gasteiger partial charge in [0, 0.05) is 31.9 Å².